The highest BCUT2D eigenvalue weighted by Gasteiger charge is 2.26. The molecule has 0 aliphatic carbocycles. The number of piperidine rings is 1. The van der Waals surface area contributed by atoms with Crippen LogP contribution >= 0.6 is 0 Å². The normalized spacial score (nSPS) is 24.6. The van der Waals surface area contributed by atoms with Gasteiger partial charge in [0.15, 0.2) is 0 Å². The van der Waals surface area contributed by atoms with E-state index in [9.17, 15) is 4.79 Å². The summed E-state index contributed by atoms with van der Waals surface area (Å²) in [7, 11) is 0. The largest absolute Gasteiger partial charge is 0.456 e. The molecule has 2 heterocycles. The molecule has 118 valence electrons. The first-order valence-electron chi connectivity index (χ1n) is 8.21. The van der Waals surface area contributed by atoms with E-state index >= 15 is 0 Å². The Morgan fingerprint density at radius 1 is 1.27 bits per heavy atom. The van der Waals surface area contributed by atoms with Gasteiger partial charge in [-0.2, -0.15) is 0 Å². The fraction of sp³-hybridized carbons (Fsp3) is 0.526. The van der Waals surface area contributed by atoms with E-state index in [4.69, 9.17) is 4.74 Å². The van der Waals surface area contributed by atoms with Crippen LogP contribution in [0.3, 0.4) is 0 Å². The smallest absolute Gasteiger partial charge is 0.338 e. The lowest BCUT2D eigenvalue weighted by atomic mass is 9.84. The minimum atomic E-state index is -0.460. The average molecular weight is 299 g/mol. The summed E-state index contributed by atoms with van der Waals surface area (Å²) in [5, 5.41) is 3.65. The fourth-order valence-electron chi connectivity index (χ4n) is 3.32. The molecule has 22 heavy (non-hydrogen) atoms. The summed E-state index contributed by atoms with van der Waals surface area (Å²) in [6.07, 6.45) is 7.16. The second-order valence-electron chi connectivity index (χ2n) is 7.38. The molecule has 0 spiro atoms. The van der Waals surface area contributed by atoms with Crippen LogP contribution in [0.4, 0.5) is 0 Å². The molecule has 0 aromatic heterocycles. The quantitative estimate of drug-likeness (QED) is 0.841. The summed E-state index contributed by atoms with van der Waals surface area (Å²) in [6, 6.07) is 8.94. The van der Waals surface area contributed by atoms with Crippen LogP contribution in [-0.4, -0.2) is 23.7 Å². The Hall–Kier alpha value is -1.61. The highest BCUT2D eigenvalue weighted by molar-refractivity contribution is 5.91. The van der Waals surface area contributed by atoms with Gasteiger partial charge in [-0.3, -0.25) is 0 Å². The standard InChI is InChI=1S/C19H25NO2/c1-19(2,3)22-18(21)14-7-4-6-13(10-14)15-11-16-8-5-9-17(12-15)20-16/h4,6-7,10-11,16-17,20H,5,8-9,12H2,1-3H3. The number of ether oxygens (including phenoxy) is 1. The van der Waals surface area contributed by atoms with Gasteiger partial charge in [0.1, 0.15) is 5.60 Å². The number of hydrogen-bond donors (Lipinski definition) is 1. The van der Waals surface area contributed by atoms with Crippen molar-refractivity contribution < 1.29 is 9.53 Å². The van der Waals surface area contributed by atoms with Crippen molar-refractivity contribution in [3.8, 4) is 0 Å². The van der Waals surface area contributed by atoms with Crippen LogP contribution in [0.5, 0.6) is 0 Å². The highest BCUT2D eigenvalue weighted by Crippen LogP contribution is 2.31. The van der Waals surface area contributed by atoms with Crippen LogP contribution in [-0.2, 0) is 4.74 Å². The minimum absolute atomic E-state index is 0.246. The molecule has 2 unspecified atom stereocenters. The molecule has 2 atom stereocenters. The van der Waals surface area contributed by atoms with Crippen LogP contribution in [0.15, 0.2) is 30.3 Å². The molecule has 3 heteroatoms. The van der Waals surface area contributed by atoms with Crippen molar-refractivity contribution in [2.24, 2.45) is 0 Å². The summed E-state index contributed by atoms with van der Waals surface area (Å²) >= 11 is 0. The summed E-state index contributed by atoms with van der Waals surface area (Å²) in [5.74, 6) is -0.246. The Bertz CT molecular complexity index is 598. The summed E-state index contributed by atoms with van der Waals surface area (Å²) in [6.45, 7) is 5.68. The SMILES string of the molecule is CC(C)(C)OC(=O)c1cccc(C2=CC3CCCC(C2)N3)c1. The molecule has 0 amide bonds. The van der Waals surface area contributed by atoms with Gasteiger partial charge >= 0.3 is 5.97 Å². The first-order chi connectivity index (χ1) is 10.4. The van der Waals surface area contributed by atoms with Gasteiger partial charge in [0.05, 0.1) is 5.56 Å². The molecule has 2 aliphatic heterocycles. The third-order valence-electron chi connectivity index (χ3n) is 4.25. The Balaban J connectivity index is 1.82. The van der Waals surface area contributed by atoms with Gasteiger partial charge in [0.2, 0.25) is 0 Å². The van der Waals surface area contributed by atoms with E-state index in [1.54, 1.807) is 0 Å². The number of fused-ring (bicyclic) bond motifs is 2. The third kappa shape index (κ3) is 3.58. The number of nitrogens with one attached hydrogen (secondary N) is 1. The number of benzene rings is 1. The topological polar surface area (TPSA) is 38.3 Å². The molecule has 2 bridgehead atoms. The summed E-state index contributed by atoms with van der Waals surface area (Å²) in [5.41, 5.74) is 2.69. The third-order valence-corrected chi connectivity index (χ3v) is 4.25. The summed E-state index contributed by atoms with van der Waals surface area (Å²) in [4.78, 5) is 12.2. The molecule has 1 aromatic rings. The average Bonchev–Trinajstić information content (AvgIpc) is 2.45. The van der Waals surface area contributed by atoms with Gasteiger partial charge in [-0.05, 0) is 63.3 Å². The molecular formula is C19H25NO2. The van der Waals surface area contributed by atoms with Gasteiger partial charge < -0.3 is 10.1 Å². The monoisotopic (exact) mass is 299 g/mol. The van der Waals surface area contributed by atoms with Crippen molar-refractivity contribution in [2.75, 3.05) is 0 Å². The number of rotatable bonds is 2. The maximum atomic E-state index is 12.2. The maximum Gasteiger partial charge on any atom is 0.338 e. The Morgan fingerprint density at radius 2 is 2.09 bits per heavy atom. The van der Waals surface area contributed by atoms with E-state index in [0.29, 0.717) is 17.6 Å². The molecule has 0 saturated carbocycles. The van der Waals surface area contributed by atoms with Crippen LogP contribution < -0.4 is 5.32 Å². The maximum absolute atomic E-state index is 12.2. The predicted molar refractivity (Wildman–Crippen MR) is 88.8 cm³/mol. The van der Waals surface area contributed by atoms with Gasteiger partial charge in [-0.15, -0.1) is 0 Å². The lowest BCUT2D eigenvalue weighted by Crippen LogP contribution is -2.44. The van der Waals surface area contributed by atoms with Crippen LogP contribution in [0.25, 0.3) is 5.57 Å². The van der Waals surface area contributed by atoms with Gasteiger partial charge in [0, 0.05) is 12.1 Å². The van der Waals surface area contributed by atoms with Crippen LogP contribution in [0.2, 0.25) is 0 Å². The van der Waals surface area contributed by atoms with E-state index < -0.39 is 5.60 Å². The molecule has 0 radical (unpaired) electrons. The van der Waals surface area contributed by atoms with Crippen molar-refractivity contribution >= 4 is 11.5 Å². The summed E-state index contributed by atoms with van der Waals surface area (Å²) < 4.78 is 5.47. The first kappa shape index (κ1) is 15.3. The molecule has 3 nitrogen and oxygen atoms in total. The minimum Gasteiger partial charge on any atom is -0.456 e. The zero-order valence-electron chi connectivity index (χ0n) is 13.7. The van der Waals surface area contributed by atoms with Crippen molar-refractivity contribution in [1.29, 1.82) is 0 Å². The molecule has 1 fully saturated rings. The molecule has 1 saturated heterocycles. The second kappa shape index (κ2) is 5.88. The Kier molecular flexibility index (Phi) is 4.09. The molecular weight excluding hydrogens is 274 g/mol. The molecule has 1 aromatic carbocycles. The molecule has 3 rings (SSSR count). The second-order valence-corrected chi connectivity index (χ2v) is 7.38. The van der Waals surface area contributed by atoms with Gasteiger partial charge in [0.25, 0.3) is 0 Å². The van der Waals surface area contributed by atoms with Crippen molar-refractivity contribution in [1.82, 2.24) is 5.32 Å². The van der Waals surface area contributed by atoms with Crippen molar-refractivity contribution in [2.45, 2.75) is 64.1 Å². The van der Waals surface area contributed by atoms with Crippen molar-refractivity contribution in [3.63, 3.8) is 0 Å². The number of hydrogen-bond acceptors (Lipinski definition) is 3. The Morgan fingerprint density at radius 3 is 2.82 bits per heavy atom. The van der Waals surface area contributed by atoms with Crippen LogP contribution in [0.1, 0.15) is 62.4 Å². The molecule has 2 aliphatic rings. The van der Waals surface area contributed by atoms with Gasteiger partial charge in [-0.25, -0.2) is 4.79 Å². The number of carbonyl (C=O) groups excluding carboxylic acids is 1. The van der Waals surface area contributed by atoms with E-state index in [1.165, 1.54) is 24.8 Å². The van der Waals surface area contributed by atoms with E-state index in [0.717, 1.165) is 12.0 Å². The lowest BCUT2D eigenvalue weighted by molar-refractivity contribution is 0.00695. The molecule has 1 N–H and O–H groups in total. The zero-order valence-corrected chi connectivity index (χ0v) is 13.7. The number of carbonyl (C=O) groups is 1. The first-order valence-corrected chi connectivity index (χ1v) is 8.21. The van der Waals surface area contributed by atoms with Crippen LogP contribution in [0, 0.1) is 0 Å². The van der Waals surface area contributed by atoms with E-state index in [2.05, 4.69) is 17.5 Å². The Labute approximate surface area is 132 Å². The lowest BCUT2D eigenvalue weighted by Gasteiger charge is -2.35. The van der Waals surface area contributed by atoms with E-state index in [-0.39, 0.29) is 5.97 Å². The predicted octanol–water partition coefficient (Wildman–Crippen LogP) is 3.94. The van der Waals surface area contributed by atoms with E-state index in [1.807, 2.05) is 39.0 Å². The number of esters is 1. The fourth-order valence-corrected chi connectivity index (χ4v) is 3.32. The van der Waals surface area contributed by atoms with Crippen molar-refractivity contribution in [3.05, 3.63) is 41.5 Å². The zero-order chi connectivity index (χ0) is 15.7. The highest BCUT2D eigenvalue weighted by atomic mass is 16.6. The van der Waals surface area contributed by atoms with Gasteiger partial charge in [-0.1, -0.05) is 24.6 Å².